The van der Waals surface area contributed by atoms with Gasteiger partial charge in [0.15, 0.2) is 0 Å². The first kappa shape index (κ1) is 20.0. The molecule has 132 valence electrons. The zero-order valence-corrected chi connectivity index (χ0v) is 15.5. The highest BCUT2D eigenvalue weighted by molar-refractivity contribution is 5.15. The normalized spacial score (nSPS) is 11.0. The predicted molar refractivity (Wildman–Crippen MR) is 98.0 cm³/mol. The molecule has 0 amide bonds. The van der Waals surface area contributed by atoms with Crippen LogP contribution in [0.25, 0.3) is 0 Å². The first-order chi connectivity index (χ1) is 11.3. The molecule has 0 unspecified atom stereocenters. The summed E-state index contributed by atoms with van der Waals surface area (Å²) < 4.78 is 1.36. The van der Waals surface area contributed by atoms with E-state index in [2.05, 4.69) is 19.9 Å². The number of hydrogen-bond acceptors (Lipinski definition) is 1. The number of aryl methyl sites for hydroxylation is 1. The maximum absolute atomic E-state index is 10.1. The Morgan fingerprint density at radius 3 is 1.87 bits per heavy atom. The van der Waals surface area contributed by atoms with Gasteiger partial charge in [0.05, 0.1) is 0 Å². The molecule has 1 rings (SSSR count). The topological polar surface area (TPSA) is 24.1 Å². The van der Waals surface area contributed by atoms with Crippen LogP contribution >= 0.6 is 0 Å². The number of nitrogens with zero attached hydrogens (tertiary/aromatic N) is 1. The van der Waals surface area contributed by atoms with Crippen LogP contribution in [0.3, 0.4) is 0 Å². The summed E-state index contributed by atoms with van der Waals surface area (Å²) in [7, 11) is 0. The third kappa shape index (κ3) is 8.98. The van der Waals surface area contributed by atoms with E-state index in [9.17, 15) is 5.21 Å². The van der Waals surface area contributed by atoms with E-state index in [1.54, 1.807) is 6.20 Å². The number of pyridine rings is 1. The Morgan fingerprint density at radius 2 is 1.26 bits per heavy atom. The zero-order valence-electron chi connectivity index (χ0n) is 15.5. The Balaban J connectivity index is 2.33. The second-order valence-electron chi connectivity index (χ2n) is 6.86. The van der Waals surface area contributed by atoms with E-state index in [0.29, 0.717) is 0 Å². The molecule has 1 aromatic rings. The quantitative estimate of drug-likeness (QED) is 0.253. The fourth-order valence-corrected chi connectivity index (χ4v) is 3.25. The molecule has 2 heteroatoms. The van der Waals surface area contributed by atoms with Crippen molar-refractivity contribution in [3.05, 3.63) is 29.6 Å². The number of aromatic nitrogens is 1. The maximum Gasteiger partial charge on any atom is 0.237 e. The average molecular weight is 321 g/mol. The molecule has 1 heterocycles. The average Bonchev–Trinajstić information content (AvgIpc) is 2.56. The smallest absolute Gasteiger partial charge is 0.237 e. The molecule has 1 N–H and O–H groups in total. The predicted octanol–water partition coefficient (Wildman–Crippen LogP) is 6.02. The van der Waals surface area contributed by atoms with Gasteiger partial charge in [0, 0.05) is 22.8 Å². The second-order valence-corrected chi connectivity index (χ2v) is 6.86. The molecule has 0 aliphatic heterocycles. The fourth-order valence-electron chi connectivity index (χ4n) is 3.25. The van der Waals surface area contributed by atoms with Gasteiger partial charge in [0.1, 0.15) is 0 Å². The number of rotatable bonds is 14. The van der Waals surface area contributed by atoms with Crippen LogP contribution in [0.2, 0.25) is 0 Å². The number of hydrogen-bond donors (Lipinski definition) is 1. The van der Waals surface area contributed by atoms with Crippen molar-refractivity contribution < 1.29 is 9.94 Å². The molecule has 0 bridgehead atoms. The molecule has 0 spiro atoms. The van der Waals surface area contributed by atoms with Crippen molar-refractivity contribution in [2.45, 2.75) is 104 Å². The Labute approximate surface area is 143 Å². The Morgan fingerprint density at radius 1 is 0.739 bits per heavy atom. The molecule has 0 aliphatic carbocycles. The van der Waals surface area contributed by atoms with Crippen LogP contribution in [0, 0.1) is 0 Å². The van der Waals surface area contributed by atoms with Crippen molar-refractivity contribution in [3.8, 4) is 0 Å². The summed E-state index contributed by atoms with van der Waals surface area (Å²) in [6, 6.07) is 4.17. The van der Waals surface area contributed by atoms with Crippen molar-refractivity contribution in [2.75, 3.05) is 0 Å². The summed E-state index contributed by atoms with van der Waals surface area (Å²) in [5.74, 6) is 0. The minimum atomic E-state index is 1.01. The molecule has 0 radical (unpaired) electrons. The van der Waals surface area contributed by atoms with Crippen LogP contribution in [0.1, 0.15) is 102 Å². The monoisotopic (exact) mass is 320 g/mol. The van der Waals surface area contributed by atoms with E-state index in [1.807, 2.05) is 6.07 Å². The van der Waals surface area contributed by atoms with E-state index < -0.39 is 0 Å². The van der Waals surface area contributed by atoms with Gasteiger partial charge in [0.2, 0.25) is 11.9 Å². The molecular formula is C21H38NO+. The van der Waals surface area contributed by atoms with Gasteiger partial charge in [-0.2, -0.15) is 0 Å². The van der Waals surface area contributed by atoms with E-state index in [0.717, 1.165) is 18.5 Å². The molecule has 0 aliphatic rings. The summed E-state index contributed by atoms with van der Waals surface area (Å²) in [5.41, 5.74) is 2.48. The molecule has 0 aromatic carbocycles. The molecule has 0 saturated carbocycles. The van der Waals surface area contributed by atoms with E-state index >= 15 is 0 Å². The number of unbranched alkanes of at least 4 members (excludes halogenated alkanes) is 10. The van der Waals surface area contributed by atoms with E-state index in [1.165, 1.54) is 87.3 Å². The lowest BCUT2D eigenvalue weighted by molar-refractivity contribution is -0.909. The highest BCUT2D eigenvalue weighted by atomic mass is 16.5. The lowest BCUT2D eigenvalue weighted by Crippen LogP contribution is -2.36. The van der Waals surface area contributed by atoms with Gasteiger partial charge in [-0.25, -0.2) is 0 Å². The van der Waals surface area contributed by atoms with Crippen LogP contribution in [0.4, 0.5) is 0 Å². The van der Waals surface area contributed by atoms with Gasteiger partial charge in [0.25, 0.3) is 0 Å². The van der Waals surface area contributed by atoms with Gasteiger partial charge < -0.3 is 0 Å². The minimum Gasteiger partial charge on any atom is -0.285 e. The highest BCUT2D eigenvalue weighted by Crippen LogP contribution is 2.14. The van der Waals surface area contributed by atoms with E-state index in [4.69, 9.17) is 0 Å². The fraction of sp³-hybridized carbons (Fsp3) is 0.762. The summed E-state index contributed by atoms with van der Waals surface area (Å²) in [4.78, 5) is 0. The summed E-state index contributed by atoms with van der Waals surface area (Å²) >= 11 is 0. The third-order valence-corrected chi connectivity index (χ3v) is 4.74. The van der Waals surface area contributed by atoms with Crippen LogP contribution in [0.15, 0.2) is 18.3 Å². The first-order valence-corrected chi connectivity index (χ1v) is 10.0. The molecular weight excluding hydrogens is 282 g/mol. The summed E-state index contributed by atoms with van der Waals surface area (Å²) in [5, 5.41) is 10.1. The van der Waals surface area contributed by atoms with Crippen molar-refractivity contribution in [1.82, 2.24) is 0 Å². The highest BCUT2D eigenvalue weighted by Gasteiger charge is 2.15. The van der Waals surface area contributed by atoms with Crippen LogP contribution in [-0.2, 0) is 12.8 Å². The molecule has 23 heavy (non-hydrogen) atoms. The van der Waals surface area contributed by atoms with Crippen LogP contribution in [-0.4, -0.2) is 5.21 Å². The Kier molecular flexibility index (Phi) is 11.6. The van der Waals surface area contributed by atoms with Gasteiger partial charge in [-0.15, -0.1) is 0 Å². The largest absolute Gasteiger partial charge is 0.285 e. The molecule has 0 saturated heterocycles. The Hall–Kier alpha value is -1.05. The minimum absolute atomic E-state index is 1.01. The molecule has 1 aromatic heterocycles. The van der Waals surface area contributed by atoms with Crippen LogP contribution < -0.4 is 4.73 Å². The first-order valence-electron chi connectivity index (χ1n) is 10.0. The van der Waals surface area contributed by atoms with Crippen molar-refractivity contribution in [1.29, 1.82) is 0 Å². The lowest BCUT2D eigenvalue weighted by atomic mass is 10.0. The zero-order chi connectivity index (χ0) is 16.8. The van der Waals surface area contributed by atoms with Gasteiger partial charge >= 0.3 is 0 Å². The van der Waals surface area contributed by atoms with Crippen molar-refractivity contribution >= 4 is 0 Å². The van der Waals surface area contributed by atoms with Gasteiger partial charge in [-0.1, -0.05) is 78.1 Å². The molecule has 0 fully saturated rings. The van der Waals surface area contributed by atoms with Crippen LogP contribution in [0.5, 0.6) is 0 Å². The molecule has 2 nitrogen and oxygen atoms in total. The second kappa shape index (κ2) is 13.4. The van der Waals surface area contributed by atoms with E-state index in [-0.39, 0.29) is 0 Å². The summed E-state index contributed by atoms with van der Waals surface area (Å²) in [6.07, 6.45) is 19.7. The van der Waals surface area contributed by atoms with Crippen molar-refractivity contribution in [2.24, 2.45) is 0 Å². The lowest BCUT2D eigenvalue weighted by Gasteiger charge is -2.06. The third-order valence-electron chi connectivity index (χ3n) is 4.74. The Bertz CT molecular complexity index is 403. The molecule has 0 atom stereocenters. The summed E-state index contributed by atoms with van der Waals surface area (Å²) in [6.45, 7) is 4.52. The SMILES string of the molecule is CCCCCCCCc1ccc[n+](O)c1CCCCCCCC. The maximum atomic E-state index is 10.1. The van der Waals surface area contributed by atoms with Gasteiger partial charge in [-0.3, -0.25) is 5.21 Å². The van der Waals surface area contributed by atoms with Crippen molar-refractivity contribution in [3.63, 3.8) is 0 Å². The standard InChI is InChI=1S/C21H38NO/c1-3-5-7-9-11-13-16-20-17-15-19-22(23)21(20)18-14-12-10-8-6-4-2/h15,17,19,23H,3-14,16,18H2,1-2H3/q+1. The van der Waals surface area contributed by atoms with Gasteiger partial charge in [-0.05, 0) is 25.3 Å².